The van der Waals surface area contributed by atoms with Crippen molar-refractivity contribution in [3.63, 3.8) is 0 Å². The van der Waals surface area contributed by atoms with Crippen LogP contribution in [0.5, 0.6) is 0 Å². The Morgan fingerprint density at radius 3 is 3.00 bits per heavy atom. The molecule has 0 spiro atoms. The predicted molar refractivity (Wildman–Crippen MR) is 76.8 cm³/mol. The van der Waals surface area contributed by atoms with Crippen LogP contribution in [0.2, 0.25) is 0 Å². The van der Waals surface area contributed by atoms with Crippen LogP contribution >= 0.6 is 11.8 Å². The fourth-order valence-corrected chi connectivity index (χ4v) is 3.15. The fourth-order valence-electron chi connectivity index (χ4n) is 2.14. The van der Waals surface area contributed by atoms with Gasteiger partial charge >= 0.3 is 0 Å². The molecule has 98 valence electrons. The highest BCUT2D eigenvalue weighted by Gasteiger charge is 2.23. The van der Waals surface area contributed by atoms with Crippen LogP contribution in [-0.2, 0) is 0 Å². The van der Waals surface area contributed by atoms with E-state index < -0.39 is 0 Å². The first kappa shape index (κ1) is 13.2. The van der Waals surface area contributed by atoms with E-state index in [4.69, 9.17) is 5.84 Å². The number of hydrogen-bond acceptors (Lipinski definition) is 4. The second-order valence-electron chi connectivity index (χ2n) is 4.63. The van der Waals surface area contributed by atoms with Crippen LogP contribution in [0.1, 0.15) is 22.8 Å². The van der Waals surface area contributed by atoms with Gasteiger partial charge in [-0.05, 0) is 24.6 Å². The standard InChI is InChI=1S/C13H19N3OS/c1-9-3-4-11(12(7-9)15-14)13(17)16-5-6-18-10(2)8-16/h3-4,7,10,15H,5-6,8,14H2,1-2H3. The van der Waals surface area contributed by atoms with Gasteiger partial charge in [0.2, 0.25) is 0 Å². The summed E-state index contributed by atoms with van der Waals surface area (Å²) in [5, 5.41) is 0.502. The Bertz CT molecular complexity index is 450. The third-order valence-corrected chi connectivity index (χ3v) is 4.23. The lowest BCUT2D eigenvalue weighted by Gasteiger charge is -2.31. The molecule has 1 saturated heterocycles. The van der Waals surface area contributed by atoms with E-state index in [0.717, 1.165) is 24.4 Å². The minimum absolute atomic E-state index is 0.0649. The maximum Gasteiger partial charge on any atom is 0.256 e. The Kier molecular flexibility index (Phi) is 4.14. The molecule has 1 aromatic rings. The van der Waals surface area contributed by atoms with Crippen LogP contribution in [0.15, 0.2) is 18.2 Å². The fraction of sp³-hybridized carbons (Fsp3) is 0.462. The molecule has 2 rings (SSSR count). The van der Waals surface area contributed by atoms with Gasteiger partial charge in [0, 0.05) is 24.1 Å². The van der Waals surface area contributed by atoms with E-state index in [1.165, 1.54) is 0 Å². The number of hydrogen-bond donors (Lipinski definition) is 2. The van der Waals surface area contributed by atoms with Gasteiger partial charge in [0.05, 0.1) is 11.3 Å². The van der Waals surface area contributed by atoms with E-state index in [9.17, 15) is 4.79 Å². The molecule has 1 aromatic carbocycles. The third kappa shape index (κ3) is 2.79. The van der Waals surface area contributed by atoms with Crippen molar-refractivity contribution in [2.45, 2.75) is 19.1 Å². The lowest BCUT2D eigenvalue weighted by atomic mass is 10.1. The Morgan fingerprint density at radius 1 is 1.56 bits per heavy atom. The highest BCUT2D eigenvalue weighted by Crippen LogP contribution is 2.23. The summed E-state index contributed by atoms with van der Waals surface area (Å²) in [6, 6.07) is 5.69. The first-order chi connectivity index (χ1) is 8.61. The second-order valence-corrected chi connectivity index (χ2v) is 6.17. The number of hydrazine groups is 1. The monoisotopic (exact) mass is 265 g/mol. The summed E-state index contributed by atoms with van der Waals surface area (Å²) in [6.07, 6.45) is 0. The van der Waals surface area contributed by atoms with Gasteiger partial charge in [0.15, 0.2) is 0 Å². The summed E-state index contributed by atoms with van der Waals surface area (Å²) >= 11 is 1.91. The van der Waals surface area contributed by atoms with Crippen molar-refractivity contribution in [1.29, 1.82) is 0 Å². The second kappa shape index (κ2) is 5.63. The highest BCUT2D eigenvalue weighted by molar-refractivity contribution is 7.99. The summed E-state index contributed by atoms with van der Waals surface area (Å²) in [6.45, 7) is 5.75. The zero-order valence-corrected chi connectivity index (χ0v) is 11.6. The van der Waals surface area contributed by atoms with Crippen molar-refractivity contribution in [2.24, 2.45) is 5.84 Å². The first-order valence-electron chi connectivity index (χ1n) is 6.10. The quantitative estimate of drug-likeness (QED) is 0.633. The summed E-state index contributed by atoms with van der Waals surface area (Å²) in [7, 11) is 0. The third-order valence-electron chi connectivity index (χ3n) is 3.09. The lowest BCUT2D eigenvalue weighted by Crippen LogP contribution is -2.41. The van der Waals surface area contributed by atoms with E-state index in [2.05, 4.69) is 12.3 Å². The smallest absolute Gasteiger partial charge is 0.256 e. The number of aryl methyl sites for hydroxylation is 1. The number of carbonyl (C=O) groups excluding carboxylic acids is 1. The topological polar surface area (TPSA) is 58.4 Å². The van der Waals surface area contributed by atoms with Crippen LogP contribution in [0, 0.1) is 6.92 Å². The van der Waals surface area contributed by atoms with Gasteiger partial charge in [-0.15, -0.1) is 0 Å². The van der Waals surface area contributed by atoms with Crippen LogP contribution in [0.25, 0.3) is 0 Å². The molecule has 4 nitrogen and oxygen atoms in total. The number of nitrogen functional groups attached to an aromatic ring is 1. The minimum atomic E-state index is 0.0649. The van der Waals surface area contributed by atoms with Crippen molar-refractivity contribution in [3.05, 3.63) is 29.3 Å². The maximum absolute atomic E-state index is 12.5. The zero-order chi connectivity index (χ0) is 13.1. The van der Waals surface area contributed by atoms with Crippen LogP contribution in [-0.4, -0.2) is 34.9 Å². The van der Waals surface area contributed by atoms with Gasteiger partial charge in [0.25, 0.3) is 5.91 Å². The highest BCUT2D eigenvalue weighted by atomic mass is 32.2. The minimum Gasteiger partial charge on any atom is -0.337 e. The zero-order valence-electron chi connectivity index (χ0n) is 10.8. The van der Waals surface area contributed by atoms with Crippen molar-refractivity contribution in [3.8, 4) is 0 Å². The average Bonchev–Trinajstić information content (AvgIpc) is 2.37. The van der Waals surface area contributed by atoms with Gasteiger partial charge in [-0.3, -0.25) is 10.6 Å². The van der Waals surface area contributed by atoms with Gasteiger partial charge in [-0.25, -0.2) is 0 Å². The van der Waals surface area contributed by atoms with Crippen LogP contribution in [0.3, 0.4) is 0 Å². The number of amides is 1. The predicted octanol–water partition coefficient (Wildman–Crippen LogP) is 1.86. The molecule has 1 aliphatic heterocycles. The van der Waals surface area contributed by atoms with Crippen molar-refractivity contribution >= 4 is 23.4 Å². The lowest BCUT2D eigenvalue weighted by molar-refractivity contribution is 0.0764. The molecule has 1 heterocycles. The molecule has 1 atom stereocenters. The Hall–Kier alpha value is -1.20. The molecule has 1 unspecified atom stereocenters. The molecule has 1 aliphatic rings. The van der Waals surface area contributed by atoms with Crippen LogP contribution < -0.4 is 11.3 Å². The van der Waals surface area contributed by atoms with Gasteiger partial charge in [0.1, 0.15) is 0 Å². The molecule has 5 heteroatoms. The van der Waals surface area contributed by atoms with Crippen molar-refractivity contribution in [2.75, 3.05) is 24.3 Å². The molecule has 0 aromatic heterocycles. The number of nitrogens with one attached hydrogen (secondary N) is 1. The summed E-state index contributed by atoms with van der Waals surface area (Å²) in [4.78, 5) is 14.4. The number of rotatable bonds is 2. The molecular weight excluding hydrogens is 246 g/mol. The molecule has 0 saturated carbocycles. The number of benzene rings is 1. The van der Waals surface area contributed by atoms with Crippen LogP contribution in [0.4, 0.5) is 5.69 Å². The number of carbonyl (C=O) groups is 1. The number of thioether (sulfide) groups is 1. The Labute approximate surface area is 112 Å². The van der Waals surface area contributed by atoms with Crippen molar-refractivity contribution < 1.29 is 4.79 Å². The van der Waals surface area contributed by atoms with Gasteiger partial charge in [-0.1, -0.05) is 13.0 Å². The Morgan fingerprint density at radius 2 is 2.33 bits per heavy atom. The summed E-state index contributed by atoms with van der Waals surface area (Å²) in [5.74, 6) is 6.56. The average molecular weight is 265 g/mol. The molecule has 3 N–H and O–H groups in total. The largest absolute Gasteiger partial charge is 0.337 e. The summed E-state index contributed by atoms with van der Waals surface area (Å²) < 4.78 is 0. The number of nitrogens with two attached hydrogens (primary N) is 1. The van der Waals surface area contributed by atoms with E-state index >= 15 is 0 Å². The van der Waals surface area contributed by atoms with E-state index in [1.54, 1.807) is 0 Å². The number of nitrogens with zero attached hydrogens (tertiary/aromatic N) is 1. The van der Waals surface area contributed by atoms with E-state index in [-0.39, 0.29) is 5.91 Å². The molecule has 0 aliphatic carbocycles. The summed E-state index contributed by atoms with van der Waals surface area (Å²) in [5.41, 5.74) is 5.05. The van der Waals surface area contributed by atoms with E-state index in [0.29, 0.717) is 16.5 Å². The number of anilines is 1. The molecule has 18 heavy (non-hydrogen) atoms. The molecule has 1 fully saturated rings. The SMILES string of the molecule is Cc1ccc(C(=O)N2CCSC(C)C2)c(NN)c1. The molecule has 0 radical (unpaired) electrons. The van der Waals surface area contributed by atoms with Crippen molar-refractivity contribution in [1.82, 2.24) is 4.90 Å². The van der Waals surface area contributed by atoms with Gasteiger partial charge < -0.3 is 10.3 Å². The maximum atomic E-state index is 12.5. The first-order valence-corrected chi connectivity index (χ1v) is 7.15. The normalized spacial score (nSPS) is 19.7. The molecular formula is C13H19N3OS. The van der Waals surface area contributed by atoms with E-state index in [1.807, 2.05) is 41.8 Å². The molecule has 1 amide bonds. The Balaban J connectivity index is 2.22. The molecule has 0 bridgehead atoms. The van der Waals surface area contributed by atoms with Gasteiger partial charge in [-0.2, -0.15) is 11.8 Å².